The summed E-state index contributed by atoms with van der Waals surface area (Å²) in [5.74, 6) is 1.89. The minimum absolute atomic E-state index is 0.0271. The van der Waals surface area contributed by atoms with Crippen LogP contribution in [0.4, 0.5) is 5.69 Å². The van der Waals surface area contributed by atoms with Crippen LogP contribution >= 0.6 is 0 Å². The van der Waals surface area contributed by atoms with E-state index in [-0.39, 0.29) is 16.9 Å². The number of rotatable bonds is 6. The third-order valence-corrected chi connectivity index (χ3v) is 6.65. The summed E-state index contributed by atoms with van der Waals surface area (Å²) in [6.45, 7) is 2.06. The SMILES string of the molecule is COc1ccc([C@H]2Oc3cc(OC)c(NS(=O)(=O)c4ccccc4)cc3[C@@H]2C)cc1. The van der Waals surface area contributed by atoms with Crippen molar-refractivity contribution in [2.45, 2.75) is 23.8 Å². The highest BCUT2D eigenvalue weighted by Crippen LogP contribution is 2.49. The van der Waals surface area contributed by atoms with Crippen LogP contribution in [0.25, 0.3) is 0 Å². The minimum Gasteiger partial charge on any atom is -0.497 e. The van der Waals surface area contributed by atoms with Gasteiger partial charge in [-0.3, -0.25) is 4.72 Å². The van der Waals surface area contributed by atoms with Gasteiger partial charge >= 0.3 is 0 Å². The standard InChI is InChI=1S/C23H23NO5S/c1-15-19-13-20(24-30(25,26)18-7-5-4-6-8-18)22(28-3)14-21(19)29-23(15)16-9-11-17(27-2)12-10-16/h4-15,23-24H,1-3H3/t15-,23-/m0/s1. The Labute approximate surface area is 176 Å². The molecule has 30 heavy (non-hydrogen) atoms. The van der Waals surface area contributed by atoms with Gasteiger partial charge in [0, 0.05) is 17.5 Å². The Balaban J connectivity index is 1.66. The Hall–Kier alpha value is -3.19. The molecule has 156 valence electrons. The van der Waals surface area contributed by atoms with Gasteiger partial charge in [0.1, 0.15) is 23.4 Å². The first-order valence-electron chi connectivity index (χ1n) is 9.53. The number of methoxy groups -OCH3 is 2. The summed E-state index contributed by atoms with van der Waals surface area (Å²) in [5, 5.41) is 0. The van der Waals surface area contributed by atoms with E-state index >= 15 is 0 Å². The van der Waals surface area contributed by atoms with E-state index < -0.39 is 10.0 Å². The van der Waals surface area contributed by atoms with Crippen LogP contribution in [0.1, 0.15) is 30.1 Å². The first-order valence-corrected chi connectivity index (χ1v) is 11.0. The molecule has 0 bridgehead atoms. The first-order chi connectivity index (χ1) is 14.4. The van der Waals surface area contributed by atoms with Crippen molar-refractivity contribution in [1.29, 1.82) is 0 Å². The van der Waals surface area contributed by atoms with Gasteiger partial charge in [-0.05, 0) is 35.9 Å². The number of anilines is 1. The van der Waals surface area contributed by atoms with Crippen molar-refractivity contribution in [2.24, 2.45) is 0 Å². The molecule has 0 aliphatic carbocycles. The number of sulfonamides is 1. The molecule has 0 radical (unpaired) electrons. The average Bonchev–Trinajstić information content (AvgIpc) is 3.09. The van der Waals surface area contributed by atoms with Crippen LogP contribution in [-0.2, 0) is 10.0 Å². The molecule has 1 heterocycles. The van der Waals surface area contributed by atoms with Crippen LogP contribution in [0.15, 0.2) is 71.6 Å². The van der Waals surface area contributed by atoms with Crippen LogP contribution < -0.4 is 18.9 Å². The van der Waals surface area contributed by atoms with Crippen molar-refractivity contribution in [3.63, 3.8) is 0 Å². The molecule has 0 saturated heterocycles. The minimum atomic E-state index is -3.74. The highest BCUT2D eigenvalue weighted by molar-refractivity contribution is 7.92. The van der Waals surface area contributed by atoms with E-state index in [9.17, 15) is 8.42 Å². The second-order valence-electron chi connectivity index (χ2n) is 7.11. The van der Waals surface area contributed by atoms with Crippen LogP contribution in [0.3, 0.4) is 0 Å². The third kappa shape index (κ3) is 3.68. The first kappa shape index (κ1) is 20.1. The summed E-state index contributed by atoms with van der Waals surface area (Å²) in [6.07, 6.45) is -0.184. The number of ether oxygens (including phenoxy) is 3. The fourth-order valence-electron chi connectivity index (χ4n) is 3.64. The Kier molecular flexibility index (Phi) is 5.30. The number of benzene rings is 3. The molecule has 0 amide bonds. The maximum Gasteiger partial charge on any atom is 0.262 e. The highest BCUT2D eigenvalue weighted by Gasteiger charge is 2.34. The number of hydrogen-bond acceptors (Lipinski definition) is 5. The molecule has 1 N–H and O–H groups in total. The Bertz CT molecular complexity index is 1140. The van der Waals surface area contributed by atoms with Crippen molar-refractivity contribution in [3.8, 4) is 17.2 Å². The zero-order chi connectivity index (χ0) is 21.3. The van der Waals surface area contributed by atoms with E-state index in [4.69, 9.17) is 14.2 Å². The Morgan fingerprint density at radius 1 is 0.933 bits per heavy atom. The molecule has 1 aliphatic heterocycles. The van der Waals surface area contributed by atoms with Crippen LogP contribution in [0.2, 0.25) is 0 Å². The summed E-state index contributed by atoms with van der Waals surface area (Å²) >= 11 is 0. The van der Waals surface area contributed by atoms with Crippen LogP contribution in [0, 0.1) is 0 Å². The van der Waals surface area contributed by atoms with E-state index in [1.165, 1.54) is 7.11 Å². The van der Waals surface area contributed by atoms with E-state index in [1.807, 2.05) is 24.3 Å². The molecule has 6 nitrogen and oxygen atoms in total. The molecule has 0 spiro atoms. The van der Waals surface area contributed by atoms with Gasteiger partial charge in [-0.2, -0.15) is 0 Å². The molecule has 7 heteroatoms. The van der Waals surface area contributed by atoms with Gasteiger partial charge in [-0.25, -0.2) is 8.42 Å². The summed E-state index contributed by atoms with van der Waals surface area (Å²) in [7, 11) is -0.609. The molecular formula is C23H23NO5S. The predicted molar refractivity (Wildman–Crippen MR) is 115 cm³/mol. The monoisotopic (exact) mass is 425 g/mol. The van der Waals surface area contributed by atoms with Crippen molar-refractivity contribution in [2.75, 3.05) is 18.9 Å². The molecule has 0 unspecified atom stereocenters. The largest absolute Gasteiger partial charge is 0.497 e. The molecule has 4 rings (SSSR count). The zero-order valence-corrected chi connectivity index (χ0v) is 17.8. The fraction of sp³-hybridized carbons (Fsp3) is 0.217. The van der Waals surface area contributed by atoms with Gasteiger partial charge in [0.05, 0.1) is 24.8 Å². The Morgan fingerprint density at radius 2 is 1.63 bits per heavy atom. The van der Waals surface area contributed by atoms with E-state index in [0.29, 0.717) is 17.2 Å². The maximum atomic E-state index is 12.8. The van der Waals surface area contributed by atoms with Gasteiger partial charge in [0.25, 0.3) is 10.0 Å². The quantitative estimate of drug-likeness (QED) is 0.617. The number of hydrogen-bond donors (Lipinski definition) is 1. The average molecular weight is 426 g/mol. The predicted octanol–water partition coefficient (Wildman–Crippen LogP) is 4.74. The molecule has 1 aliphatic rings. The topological polar surface area (TPSA) is 73.9 Å². The molecule has 2 atom stereocenters. The van der Waals surface area contributed by atoms with E-state index in [1.54, 1.807) is 49.6 Å². The fourth-order valence-corrected chi connectivity index (χ4v) is 4.72. The van der Waals surface area contributed by atoms with Gasteiger partial charge in [-0.15, -0.1) is 0 Å². The van der Waals surface area contributed by atoms with Crippen LogP contribution in [-0.4, -0.2) is 22.6 Å². The second kappa shape index (κ2) is 7.91. The summed E-state index contributed by atoms with van der Waals surface area (Å²) in [6, 6.07) is 19.5. The normalized spacial score (nSPS) is 17.7. The van der Waals surface area contributed by atoms with Crippen molar-refractivity contribution < 1.29 is 22.6 Å². The van der Waals surface area contributed by atoms with Crippen LogP contribution in [0.5, 0.6) is 17.2 Å². The highest BCUT2D eigenvalue weighted by atomic mass is 32.2. The van der Waals surface area contributed by atoms with Crippen molar-refractivity contribution in [1.82, 2.24) is 0 Å². The Morgan fingerprint density at radius 3 is 2.27 bits per heavy atom. The van der Waals surface area contributed by atoms with E-state index in [2.05, 4.69) is 11.6 Å². The lowest BCUT2D eigenvalue weighted by Crippen LogP contribution is -2.13. The third-order valence-electron chi connectivity index (χ3n) is 5.27. The zero-order valence-electron chi connectivity index (χ0n) is 17.0. The van der Waals surface area contributed by atoms with E-state index in [0.717, 1.165) is 16.9 Å². The van der Waals surface area contributed by atoms with Gasteiger partial charge in [0.2, 0.25) is 0 Å². The lowest BCUT2D eigenvalue weighted by atomic mass is 9.92. The van der Waals surface area contributed by atoms with Gasteiger partial charge in [-0.1, -0.05) is 37.3 Å². The number of fused-ring (bicyclic) bond motifs is 1. The molecule has 3 aromatic carbocycles. The summed E-state index contributed by atoms with van der Waals surface area (Å²) in [5.41, 5.74) is 2.32. The molecule has 3 aromatic rings. The van der Waals surface area contributed by atoms with Gasteiger partial charge < -0.3 is 14.2 Å². The van der Waals surface area contributed by atoms with Crippen molar-refractivity contribution >= 4 is 15.7 Å². The smallest absolute Gasteiger partial charge is 0.262 e. The summed E-state index contributed by atoms with van der Waals surface area (Å²) < 4.78 is 45.1. The maximum absolute atomic E-state index is 12.8. The number of nitrogens with one attached hydrogen (secondary N) is 1. The second-order valence-corrected chi connectivity index (χ2v) is 8.79. The molecular weight excluding hydrogens is 402 g/mol. The van der Waals surface area contributed by atoms with Crippen molar-refractivity contribution in [3.05, 3.63) is 77.9 Å². The molecule has 0 fully saturated rings. The lowest BCUT2D eigenvalue weighted by Gasteiger charge is -2.16. The van der Waals surface area contributed by atoms with Gasteiger partial charge in [0.15, 0.2) is 0 Å². The summed E-state index contributed by atoms with van der Waals surface area (Å²) in [4.78, 5) is 0.188. The molecule has 0 saturated carbocycles. The lowest BCUT2D eigenvalue weighted by molar-refractivity contribution is 0.215. The molecule has 0 aromatic heterocycles.